The number of Topliss-reactive ketones (excluding diaryl/α,β-unsaturated/α-hetero) is 1. The van der Waals surface area contributed by atoms with E-state index in [4.69, 9.17) is 0 Å². The van der Waals surface area contributed by atoms with Crippen molar-refractivity contribution in [2.45, 2.75) is 38.5 Å². The van der Waals surface area contributed by atoms with E-state index < -0.39 is 0 Å². The van der Waals surface area contributed by atoms with Crippen LogP contribution in [0.2, 0.25) is 0 Å². The Morgan fingerprint density at radius 2 is 1.48 bits per heavy atom. The summed E-state index contributed by atoms with van der Waals surface area (Å²) in [6.07, 6.45) is 5.57. The van der Waals surface area contributed by atoms with E-state index in [0.29, 0.717) is 24.6 Å². The number of halogens is 2. The van der Waals surface area contributed by atoms with Gasteiger partial charge in [-0.05, 0) is 69.0 Å². The summed E-state index contributed by atoms with van der Waals surface area (Å²) in [6.45, 7) is 2.41. The molecule has 2 aliphatic heterocycles. The van der Waals surface area contributed by atoms with Crippen LogP contribution >= 0.6 is 12.4 Å². The van der Waals surface area contributed by atoms with Crippen molar-refractivity contribution in [3.8, 4) is 0 Å². The molecule has 3 fully saturated rings. The molecule has 0 N–H and O–H groups in total. The molecule has 2 amide bonds. The number of nitrogens with zero attached hydrogens (tertiary/aromatic N) is 2. The summed E-state index contributed by atoms with van der Waals surface area (Å²) < 4.78 is 13.0. The van der Waals surface area contributed by atoms with E-state index in [2.05, 4.69) is 4.90 Å². The fourth-order valence-corrected chi connectivity index (χ4v) is 4.93. The fourth-order valence-electron chi connectivity index (χ4n) is 4.93. The molecule has 0 bridgehead atoms. The van der Waals surface area contributed by atoms with Gasteiger partial charge in [0.15, 0.2) is 5.78 Å². The van der Waals surface area contributed by atoms with Gasteiger partial charge in [-0.25, -0.2) is 4.39 Å². The molecule has 158 valence electrons. The fraction of sp³-hybridized carbons (Fsp3) is 0.591. The molecule has 0 unspecified atom stereocenters. The highest BCUT2D eigenvalue weighted by atomic mass is 35.5. The number of imide groups is 1. The molecule has 2 atom stereocenters. The molecule has 1 saturated carbocycles. The van der Waals surface area contributed by atoms with E-state index in [1.165, 1.54) is 29.2 Å². The first-order valence-electron chi connectivity index (χ1n) is 10.4. The molecule has 4 rings (SSSR count). The Morgan fingerprint density at radius 1 is 0.931 bits per heavy atom. The third-order valence-electron chi connectivity index (χ3n) is 6.61. The first-order chi connectivity index (χ1) is 13.5. The Kier molecular flexibility index (Phi) is 7.06. The normalized spacial score (nSPS) is 25.6. The zero-order valence-corrected chi connectivity index (χ0v) is 17.3. The summed E-state index contributed by atoms with van der Waals surface area (Å²) in [5, 5.41) is 0. The summed E-state index contributed by atoms with van der Waals surface area (Å²) in [5.74, 6) is -0.0996. The van der Waals surface area contributed by atoms with Crippen LogP contribution in [-0.4, -0.2) is 53.6 Å². The van der Waals surface area contributed by atoms with Crippen molar-refractivity contribution in [2.24, 2.45) is 17.8 Å². The third kappa shape index (κ3) is 4.69. The number of rotatable bonds is 5. The first kappa shape index (κ1) is 21.9. The van der Waals surface area contributed by atoms with Crippen molar-refractivity contribution in [2.75, 3.05) is 26.2 Å². The van der Waals surface area contributed by atoms with E-state index in [1.54, 1.807) is 0 Å². The summed E-state index contributed by atoms with van der Waals surface area (Å²) >= 11 is 0. The number of carbonyl (C=O) groups is 3. The standard InChI is InChI=1S/C22H27FN2O3.ClH/c23-17-7-5-16(6-8-17)20(26)14-24-11-9-15(10-12-24)13-25-21(27)18-3-1-2-4-19(18)22(25)28;/h5-8,15,18-19H,1-4,9-14H2;1H/t18-,19-;/m1./s1. The van der Waals surface area contributed by atoms with Gasteiger partial charge in [0, 0.05) is 12.1 Å². The minimum Gasteiger partial charge on any atom is -0.296 e. The van der Waals surface area contributed by atoms with Gasteiger partial charge in [-0.1, -0.05) is 12.8 Å². The van der Waals surface area contributed by atoms with Gasteiger partial charge in [0.25, 0.3) is 0 Å². The number of fused-ring (bicyclic) bond motifs is 1. The predicted molar refractivity (Wildman–Crippen MR) is 109 cm³/mol. The average molecular weight is 423 g/mol. The molecule has 1 aromatic carbocycles. The third-order valence-corrected chi connectivity index (χ3v) is 6.61. The van der Waals surface area contributed by atoms with Crippen LogP contribution in [-0.2, 0) is 9.59 Å². The van der Waals surface area contributed by atoms with Gasteiger partial charge in [0.2, 0.25) is 11.8 Å². The van der Waals surface area contributed by atoms with Gasteiger partial charge < -0.3 is 0 Å². The molecule has 7 heteroatoms. The second-order valence-corrected chi connectivity index (χ2v) is 8.43. The first-order valence-corrected chi connectivity index (χ1v) is 10.4. The maximum Gasteiger partial charge on any atom is 0.233 e. The Balaban J connectivity index is 0.00000240. The quantitative estimate of drug-likeness (QED) is 0.539. The maximum atomic E-state index is 13.0. The minimum atomic E-state index is -0.344. The van der Waals surface area contributed by atoms with Crippen molar-refractivity contribution in [1.82, 2.24) is 9.80 Å². The molecular weight excluding hydrogens is 395 g/mol. The molecule has 29 heavy (non-hydrogen) atoms. The van der Waals surface area contributed by atoms with Gasteiger partial charge in [-0.15, -0.1) is 12.4 Å². The van der Waals surface area contributed by atoms with Crippen LogP contribution in [0.3, 0.4) is 0 Å². The lowest BCUT2D eigenvalue weighted by Crippen LogP contribution is -2.42. The van der Waals surface area contributed by atoms with Crippen molar-refractivity contribution in [3.05, 3.63) is 35.6 Å². The number of likely N-dealkylation sites (tertiary alicyclic amines) is 2. The largest absolute Gasteiger partial charge is 0.296 e. The Morgan fingerprint density at radius 3 is 2.03 bits per heavy atom. The summed E-state index contributed by atoms with van der Waals surface area (Å²) in [5.41, 5.74) is 0.527. The van der Waals surface area contributed by atoms with Crippen molar-refractivity contribution in [1.29, 1.82) is 0 Å². The zero-order chi connectivity index (χ0) is 19.7. The molecule has 3 aliphatic rings. The molecular formula is C22H28ClFN2O3. The minimum absolute atomic E-state index is 0. The van der Waals surface area contributed by atoms with Crippen LogP contribution in [0.1, 0.15) is 48.9 Å². The lowest BCUT2D eigenvalue weighted by atomic mass is 9.81. The smallest absolute Gasteiger partial charge is 0.233 e. The number of hydrogen-bond acceptors (Lipinski definition) is 4. The Bertz CT molecular complexity index is 738. The average Bonchev–Trinajstić information content (AvgIpc) is 2.95. The van der Waals surface area contributed by atoms with E-state index in [9.17, 15) is 18.8 Å². The topological polar surface area (TPSA) is 57.7 Å². The lowest BCUT2D eigenvalue weighted by Gasteiger charge is -2.33. The van der Waals surface area contributed by atoms with Crippen LogP contribution in [0.5, 0.6) is 0 Å². The van der Waals surface area contributed by atoms with Crippen molar-refractivity contribution in [3.63, 3.8) is 0 Å². The predicted octanol–water partition coefficient (Wildman–Crippen LogP) is 3.32. The second kappa shape index (κ2) is 9.35. The summed E-state index contributed by atoms with van der Waals surface area (Å²) in [4.78, 5) is 41.3. The zero-order valence-electron chi connectivity index (χ0n) is 16.5. The highest BCUT2D eigenvalue weighted by Crippen LogP contribution is 2.38. The number of ketones is 1. The highest BCUT2D eigenvalue weighted by molar-refractivity contribution is 6.05. The molecule has 1 aliphatic carbocycles. The monoisotopic (exact) mass is 422 g/mol. The van der Waals surface area contributed by atoms with Crippen molar-refractivity contribution >= 4 is 30.0 Å². The van der Waals surface area contributed by atoms with Crippen LogP contribution in [0, 0.1) is 23.6 Å². The highest BCUT2D eigenvalue weighted by Gasteiger charge is 2.48. The molecule has 2 saturated heterocycles. The molecule has 1 aromatic rings. The maximum absolute atomic E-state index is 13.0. The second-order valence-electron chi connectivity index (χ2n) is 8.43. The van der Waals surface area contributed by atoms with Crippen LogP contribution < -0.4 is 0 Å². The van der Waals surface area contributed by atoms with E-state index in [0.717, 1.165) is 51.6 Å². The van der Waals surface area contributed by atoms with Crippen LogP contribution in [0.4, 0.5) is 4.39 Å². The lowest BCUT2D eigenvalue weighted by molar-refractivity contribution is -0.140. The molecule has 0 spiro atoms. The Labute approximate surface area is 177 Å². The van der Waals surface area contributed by atoms with Crippen LogP contribution in [0.15, 0.2) is 24.3 Å². The molecule has 2 heterocycles. The SMILES string of the molecule is Cl.O=C(CN1CCC(CN2C(=O)[C@@H]3CCCC[C@H]3C2=O)CC1)c1ccc(F)cc1. The summed E-state index contributed by atoms with van der Waals surface area (Å²) in [7, 11) is 0. The van der Waals surface area contributed by atoms with Gasteiger partial charge in [0.1, 0.15) is 5.82 Å². The van der Waals surface area contributed by atoms with Gasteiger partial charge in [-0.3, -0.25) is 24.2 Å². The number of hydrogen-bond donors (Lipinski definition) is 0. The van der Waals surface area contributed by atoms with Gasteiger partial charge in [0.05, 0.1) is 18.4 Å². The number of benzene rings is 1. The van der Waals surface area contributed by atoms with E-state index >= 15 is 0 Å². The van der Waals surface area contributed by atoms with E-state index in [-0.39, 0.29) is 47.7 Å². The van der Waals surface area contributed by atoms with Gasteiger partial charge in [-0.2, -0.15) is 0 Å². The molecule has 5 nitrogen and oxygen atoms in total. The van der Waals surface area contributed by atoms with E-state index in [1.807, 2.05) is 0 Å². The van der Waals surface area contributed by atoms with Crippen molar-refractivity contribution < 1.29 is 18.8 Å². The number of carbonyl (C=O) groups excluding carboxylic acids is 3. The number of piperidine rings is 1. The van der Waals surface area contributed by atoms with Crippen LogP contribution in [0.25, 0.3) is 0 Å². The Hall–Kier alpha value is -1.79. The summed E-state index contributed by atoms with van der Waals surface area (Å²) in [6, 6.07) is 5.66. The van der Waals surface area contributed by atoms with Gasteiger partial charge >= 0.3 is 0 Å². The number of amides is 2. The molecule has 0 radical (unpaired) electrons. The molecule has 0 aromatic heterocycles.